The third-order valence-electron chi connectivity index (χ3n) is 3.88. The molecule has 2 heteroatoms. The summed E-state index contributed by atoms with van der Waals surface area (Å²) in [4.78, 5) is 0. The molecule has 20 heavy (non-hydrogen) atoms. The summed E-state index contributed by atoms with van der Waals surface area (Å²) in [5.74, 6) is 0.954. The number of phenolic OH excluding ortho intramolecular Hbond substituents is 1. The summed E-state index contributed by atoms with van der Waals surface area (Å²) in [6.07, 6.45) is 3.39. The highest BCUT2D eigenvalue weighted by atomic mass is 127. The van der Waals surface area contributed by atoms with Crippen molar-refractivity contribution < 1.29 is 5.11 Å². The zero-order chi connectivity index (χ0) is 14.5. The van der Waals surface area contributed by atoms with E-state index < -0.39 is 0 Å². The van der Waals surface area contributed by atoms with Gasteiger partial charge < -0.3 is 5.11 Å². The number of aryl methyl sites for hydroxylation is 2. The maximum Gasteiger partial charge on any atom is 0.118 e. The molecule has 0 spiro atoms. The molecule has 0 aliphatic rings. The van der Waals surface area contributed by atoms with Crippen LogP contribution in [0.2, 0.25) is 0 Å². The molecule has 2 rings (SSSR count). The van der Waals surface area contributed by atoms with Crippen molar-refractivity contribution in [3.8, 4) is 5.75 Å². The summed E-state index contributed by atoms with van der Waals surface area (Å²) in [6.45, 7) is 4.20. The fraction of sp³-hybridized carbons (Fsp3) is 0.333. The van der Waals surface area contributed by atoms with Crippen LogP contribution in [-0.2, 0) is 6.42 Å². The van der Waals surface area contributed by atoms with Crippen molar-refractivity contribution in [2.75, 3.05) is 0 Å². The third kappa shape index (κ3) is 3.98. The van der Waals surface area contributed by atoms with Crippen LogP contribution in [0.3, 0.4) is 0 Å². The third-order valence-corrected chi connectivity index (χ3v) is 4.60. The van der Waals surface area contributed by atoms with Gasteiger partial charge in [0.25, 0.3) is 0 Å². The molecule has 1 atom stereocenters. The van der Waals surface area contributed by atoms with Gasteiger partial charge in [0.05, 0.1) is 0 Å². The Bertz CT molecular complexity index is 560. The molecule has 0 aliphatic heterocycles. The van der Waals surface area contributed by atoms with Gasteiger partial charge in [-0.1, -0.05) is 31.2 Å². The Morgan fingerprint density at radius 3 is 2.40 bits per heavy atom. The molecule has 0 bridgehead atoms. The highest BCUT2D eigenvalue weighted by Gasteiger charge is 2.11. The number of phenols is 1. The second kappa shape index (κ2) is 7.11. The number of aromatic hydroxyl groups is 1. The molecule has 0 radical (unpaired) electrons. The summed E-state index contributed by atoms with van der Waals surface area (Å²) < 4.78 is 1.28. The van der Waals surface area contributed by atoms with Crippen molar-refractivity contribution in [3.05, 3.63) is 62.7 Å². The van der Waals surface area contributed by atoms with E-state index in [1.807, 2.05) is 13.0 Å². The molecular formula is C18H21IO. The van der Waals surface area contributed by atoms with E-state index in [0.29, 0.717) is 11.7 Å². The molecule has 1 N–H and O–H groups in total. The van der Waals surface area contributed by atoms with Crippen molar-refractivity contribution in [1.82, 2.24) is 0 Å². The van der Waals surface area contributed by atoms with Crippen LogP contribution in [0.1, 0.15) is 42.4 Å². The molecular weight excluding hydrogens is 359 g/mol. The van der Waals surface area contributed by atoms with Crippen LogP contribution in [0.15, 0.2) is 42.5 Å². The maximum atomic E-state index is 9.63. The lowest BCUT2D eigenvalue weighted by atomic mass is 9.89. The van der Waals surface area contributed by atoms with Crippen molar-refractivity contribution in [2.24, 2.45) is 0 Å². The van der Waals surface area contributed by atoms with E-state index in [9.17, 15) is 5.11 Å². The summed E-state index contributed by atoms with van der Waals surface area (Å²) in [5.41, 5.74) is 3.71. The van der Waals surface area contributed by atoms with Crippen molar-refractivity contribution in [1.29, 1.82) is 0 Å². The summed E-state index contributed by atoms with van der Waals surface area (Å²) in [6, 6.07) is 14.8. The van der Waals surface area contributed by atoms with Crippen LogP contribution >= 0.6 is 22.6 Å². The molecule has 1 unspecified atom stereocenters. The summed E-state index contributed by atoms with van der Waals surface area (Å²) >= 11 is 2.34. The van der Waals surface area contributed by atoms with Crippen LogP contribution in [0.4, 0.5) is 0 Å². The Morgan fingerprint density at radius 1 is 1.10 bits per heavy atom. The Labute approximate surface area is 135 Å². The summed E-state index contributed by atoms with van der Waals surface area (Å²) in [5, 5.41) is 9.63. The number of rotatable bonds is 5. The van der Waals surface area contributed by atoms with Crippen molar-refractivity contribution in [3.63, 3.8) is 0 Å². The SMILES string of the molecule is CCC(CCc1ccc(I)cc1)c1ccc(O)c(C)c1. The zero-order valence-electron chi connectivity index (χ0n) is 12.1. The van der Waals surface area contributed by atoms with Gasteiger partial charge in [-0.15, -0.1) is 0 Å². The normalized spacial score (nSPS) is 12.3. The Morgan fingerprint density at radius 2 is 1.80 bits per heavy atom. The Kier molecular flexibility index (Phi) is 5.46. The van der Waals surface area contributed by atoms with Gasteiger partial charge in [-0.25, -0.2) is 0 Å². The Balaban J connectivity index is 2.05. The van der Waals surface area contributed by atoms with Gasteiger partial charge in [0.2, 0.25) is 0 Å². The molecule has 0 heterocycles. The second-order valence-corrected chi connectivity index (χ2v) is 6.56. The first-order valence-electron chi connectivity index (χ1n) is 7.14. The standard InChI is InChI=1S/C18H21IO/c1-3-15(16-8-11-18(20)13(2)12-16)7-4-14-5-9-17(19)10-6-14/h5-6,8-12,15,20H,3-4,7H2,1-2H3. The number of hydrogen-bond donors (Lipinski definition) is 1. The summed E-state index contributed by atoms with van der Waals surface area (Å²) in [7, 11) is 0. The highest BCUT2D eigenvalue weighted by molar-refractivity contribution is 14.1. The van der Waals surface area contributed by atoms with Crippen LogP contribution in [0.25, 0.3) is 0 Å². The average molecular weight is 380 g/mol. The van der Waals surface area contributed by atoms with Crippen LogP contribution in [0, 0.1) is 10.5 Å². The van der Waals surface area contributed by atoms with Crippen LogP contribution in [0.5, 0.6) is 5.75 Å². The molecule has 0 aromatic heterocycles. The van der Waals surface area contributed by atoms with Crippen molar-refractivity contribution >= 4 is 22.6 Å². The molecule has 2 aromatic rings. The zero-order valence-corrected chi connectivity index (χ0v) is 14.2. The van der Waals surface area contributed by atoms with Gasteiger partial charge in [-0.05, 0) is 89.6 Å². The molecule has 1 nitrogen and oxygen atoms in total. The van der Waals surface area contributed by atoms with E-state index in [1.165, 1.54) is 14.7 Å². The maximum absolute atomic E-state index is 9.63. The molecule has 0 fully saturated rings. The van der Waals surface area contributed by atoms with Gasteiger partial charge in [0.1, 0.15) is 5.75 Å². The van der Waals surface area contributed by atoms with E-state index in [0.717, 1.165) is 24.8 Å². The van der Waals surface area contributed by atoms with Gasteiger partial charge in [-0.2, -0.15) is 0 Å². The number of halogens is 1. The van der Waals surface area contributed by atoms with Gasteiger partial charge >= 0.3 is 0 Å². The highest BCUT2D eigenvalue weighted by Crippen LogP contribution is 2.28. The lowest BCUT2D eigenvalue weighted by Crippen LogP contribution is -2.00. The van der Waals surface area contributed by atoms with Gasteiger partial charge in [0.15, 0.2) is 0 Å². The lowest BCUT2D eigenvalue weighted by Gasteiger charge is -2.16. The molecule has 0 amide bonds. The van der Waals surface area contributed by atoms with Gasteiger partial charge in [-0.3, -0.25) is 0 Å². The van der Waals surface area contributed by atoms with Crippen molar-refractivity contribution in [2.45, 2.75) is 39.0 Å². The predicted molar refractivity (Wildman–Crippen MR) is 93.4 cm³/mol. The minimum atomic E-state index is 0.390. The minimum absolute atomic E-state index is 0.390. The van der Waals surface area contributed by atoms with Gasteiger partial charge in [0, 0.05) is 3.57 Å². The fourth-order valence-electron chi connectivity index (χ4n) is 2.53. The topological polar surface area (TPSA) is 20.2 Å². The lowest BCUT2D eigenvalue weighted by molar-refractivity contribution is 0.470. The quantitative estimate of drug-likeness (QED) is 0.686. The number of benzene rings is 2. The molecule has 0 aliphatic carbocycles. The fourth-order valence-corrected chi connectivity index (χ4v) is 2.89. The first-order valence-corrected chi connectivity index (χ1v) is 8.22. The second-order valence-electron chi connectivity index (χ2n) is 5.32. The molecule has 2 aromatic carbocycles. The minimum Gasteiger partial charge on any atom is -0.508 e. The smallest absolute Gasteiger partial charge is 0.118 e. The first-order chi connectivity index (χ1) is 9.60. The van der Waals surface area contributed by atoms with E-state index in [4.69, 9.17) is 0 Å². The first kappa shape index (κ1) is 15.4. The van der Waals surface area contributed by atoms with Crippen LogP contribution < -0.4 is 0 Å². The monoisotopic (exact) mass is 380 g/mol. The van der Waals surface area contributed by atoms with E-state index in [1.54, 1.807) is 0 Å². The van der Waals surface area contributed by atoms with Crippen LogP contribution in [-0.4, -0.2) is 5.11 Å². The molecule has 0 saturated carbocycles. The van der Waals surface area contributed by atoms with E-state index >= 15 is 0 Å². The van der Waals surface area contributed by atoms with E-state index in [2.05, 4.69) is 65.9 Å². The predicted octanol–water partition coefficient (Wildman–Crippen LogP) is 5.43. The largest absolute Gasteiger partial charge is 0.508 e. The number of hydrogen-bond acceptors (Lipinski definition) is 1. The Hall–Kier alpha value is -1.03. The average Bonchev–Trinajstić information content (AvgIpc) is 2.45. The van der Waals surface area contributed by atoms with E-state index in [-0.39, 0.29) is 0 Å². The molecule has 0 saturated heterocycles. The molecule has 106 valence electrons.